The van der Waals surface area contributed by atoms with E-state index in [0.717, 1.165) is 30.2 Å². The number of anilines is 1. The Morgan fingerprint density at radius 1 is 1.21 bits per heavy atom. The molecule has 0 atom stereocenters. The lowest BCUT2D eigenvalue weighted by atomic mass is 10.2. The molecule has 1 aromatic carbocycles. The van der Waals surface area contributed by atoms with Gasteiger partial charge in [-0.25, -0.2) is 4.98 Å². The van der Waals surface area contributed by atoms with Crippen LogP contribution in [0.2, 0.25) is 0 Å². The number of hydrogen-bond acceptors (Lipinski definition) is 5. The number of methoxy groups -OCH3 is 2. The van der Waals surface area contributed by atoms with E-state index >= 15 is 0 Å². The summed E-state index contributed by atoms with van der Waals surface area (Å²) in [7, 11) is 3.27. The van der Waals surface area contributed by atoms with Crippen molar-refractivity contribution in [1.82, 2.24) is 4.98 Å². The number of rotatable bonds is 6. The van der Waals surface area contributed by atoms with Crippen molar-refractivity contribution in [2.75, 3.05) is 19.5 Å². The lowest BCUT2D eigenvalue weighted by molar-refractivity contribution is 0.355. The Kier molecular flexibility index (Phi) is 4.63. The molecule has 0 spiro atoms. The van der Waals surface area contributed by atoms with Crippen molar-refractivity contribution in [3.8, 4) is 11.5 Å². The van der Waals surface area contributed by atoms with Gasteiger partial charge in [-0.15, -0.1) is 11.3 Å². The second-order valence-electron chi connectivity index (χ2n) is 4.00. The molecule has 5 heteroatoms. The second-order valence-corrected chi connectivity index (χ2v) is 5.20. The number of aryl methyl sites for hydroxylation is 1. The predicted molar refractivity (Wildman–Crippen MR) is 78.4 cm³/mol. The van der Waals surface area contributed by atoms with Crippen molar-refractivity contribution in [1.29, 1.82) is 0 Å². The monoisotopic (exact) mass is 278 g/mol. The van der Waals surface area contributed by atoms with Crippen LogP contribution in [0.15, 0.2) is 24.4 Å². The van der Waals surface area contributed by atoms with Crippen LogP contribution < -0.4 is 14.8 Å². The van der Waals surface area contributed by atoms with Crippen molar-refractivity contribution in [3.05, 3.63) is 34.3 Å². The van der Waals surface area contributed by atoms with Gasteiger partial charge in [0.25, 0.3) is 0 Å². The number of benzene rings is 1. The molecule has 2 aromatic rings. The third-order valence-corrected chi connectivity index (χ3v) is 3.90. The Morgan fingerprint density at radius 2 is 2.00 bits per heavy atom. The van der Waals surface area contributed by atoms with Gasteiger partial charge >= 0.3 is 0 Å². The van der Waals surface area contributed by atoms with Gasteiger partial charge in [0, 0.05) is 22.8 Å². The van der Waals surface area contributed by atoms with Crippen LogP contribution in [0.25, 0.3) is 0 Å². The summed E-state index contributed by atoms with van der Waals surface area (Å²) >= 11 is 1.74. The van der Waals surface area contributed by atoms with Gasteiger partial charge in [-0.3, -0.25) is 0 Å². The van der Waals surface area contributed by atoms with E-state index < -0.39 is 0 Å². The van der Waals surface area contributed by atoms with Gasteiger partial charge in [-0.05, 0) is 18.6 Å². The highest BCUT2D eigenvalue weighted by molar-refractivity contribution is 7.11. The van der Waals surface area contributed by atoms with Crippen molar-refractivity contribution < 1.29 is 9.47 Å². The average Bonchev–Trinajstić information content (AvgIpc) is 2.92. The molecule has 0 unspecified atom stereocenters. The average molecular weight is 278 g/mol. The van der Waals surface area contributed by atoms with Gasteiger partial charge in [0.15, 0.2) is 11.5 Å². The quantitative estimate of drug-likeness (QED) is 0.880. The highest BCUT2D eigenvalue weighted by atomic mass is 32.1. The lowest BCUT2D eigenvalue weighted by Gasteiger charge is -2.10. The Hall–Kier alpha value is -1.75. The van der Waals surface area contributed by atoms with Crippen LogP contribution in [0, 0.1) is 0 Å². The zero-order chi connectivity index (χ0) is 13.7. The largest absolute Gasteiger partial charge is 0.493 e. The first-order valence-corrected chi connectivity index (χ1v) is 6.98. The first-order chi connectivity index (χ1) is 9.26. The number of nitrogens with zero attached hydrogens (tertiary/aromatic N) is 1. The van der Waals surface area contributed by atoms with Crippen molar-refractivity contribution in [2.45, 2.75) is 19.9 Å². The topological polar surface area (TPSA) is 43.4 Å². The molecule has 0 radical (unpaired) electrons. The maximum atomic E-state index is 5.28. The summed E-state index contributed by atoms with van der Waals surface area (Å²) in [6.45, 7) is 2.89. The van der Waals surface area contributed by atoms with Gasteiger partial charge < -0.3 is 14.8 Å². The summed E-state index contributed by atoms with van der Waals surface area (Å²) < 4.78 is 10.5. The van der Waals surface area contributed by atoms with Gasteiger partial charge in [-0.1, -0.05) is 6.92 Å². The molecular weight excluding hydrogens is 260 g/mol. The van der Waals surface area contributed by atoms with E-state index in [1.165, 1.54) is 9.88 Å². The van der Waals surface area contributed by atoms with E-state index in [2.05, 4.69) is 17.2 Å². The highest BCUT2D eigenvalue weighted by Gasteiger charge is 2.05. The SMILES string of the molecule is CCc1ncc(CNc2ccc(OC)c(OC)c2)s1. The molecular formula is C14H18N2O2S. The fourth-order valence-electron chi connectivity index (χ4n) is 1.73. The minimum atomic E-state index is 0.728. The Balaban J connectivity index is 2.03. The van der Waals surface area contributed by atoms with E-state index in [-0.39, 0.29) is 0 Å². The van der Waals surface area contributed by atoms with Crippen LogP contribution in [0.3, 0.4) is 0 Å². The number of ether oxygens (including phenoxy) is 2. The molecule has 1 heterocycles. The number of thiazole rings is 1. The number of aromatic nitrogens is 1. The summed E-state index contributed by atoms with van der Waals surface area (Å²) in [4.78, 5) is 5.57. The summed E-state index contributed by atoms with van der Waals surface area (Å²) in [5, 5.41) is 4.53. The fourth-order valence-corrected chi connectivity index (χ4v) is 2.53. The second kappa shape index (κ2) is 6.43. The Morgan fingerprint density at radius 3 is 2.63 bits per heavy atom. The molecule has 2 rings (SSSR count). The standard InChI is InChI=1S/C14H18N2O2S/c1-4-14-16-9-11(19-14)8-15-10-5-6-12(17-2)13(7-10)18-3/h5-7,9,15H,4,8H2,1-3H3. The molecule has 1 N–H and O–H groups in total. The van der Waals surface area contributed by atoms with Crippen LogP contribution in [0.1, 0.15) is 16.8 Å². The van der Waals surface area contributed by atoms with E-state index in [1.54, 1.807) is 25.6 Å². The highest BCUT2D eigenvalue weighted by Crippen LogP contribution is 2.30. The first-order valence-electron chi connectivity index (χ1n) is 6.16. The van der Waals surface area contributed by atoms with Gasteiger partial charge in [0.1, 0.15) is 0 Å². The molecule has 19 heavy (non-hydrogen) atoms. The summed E-state index contributed by atoms with van der Waals surface area (Å²) in [5.41, 5.74) is 1.00. The van der Waals surface area contributed by atoms with Crippen LogP contribution in [-0.2, 0) is 13.0 Å². The molecule has 4 nitrogen and oxygen atoms in total. The van der Waals surface area contributed by atoms with Crippen LogP contribution in [0.5, 0.6) is 11.5 Å². The minimum absolute atomic E-state index is 0.728. The molecule has 0 saturated heterocycles. The zero-order valence-electron chi connectivity index (χ0n) is 11.4. The summed E-state index contributed by atoms with van der Waals surface area (Å²) in [6.07, 6.45) is 2.91. The van der Waals surface area contributed by atoms with Gasteiger partial charge in [0.05, 0.1) is 25.8 Å². The van der Waals surface area contributed by atoms with Crippen LogP contribution in [-0.4, -0.2) is 19.2 Å². The van der Waals surface area contributed by atoms with Crippen molar-refractivity contribution >= 4 is 17.0 Å². The van der Waals surface area contributed by atoms with Gasteiger partial charge in [-0.2, -0.15) is 0 Å². The zero-order valence-corrected chi connectivity index (χ0v) is 12.2. The number of nitrogens with one attached hydrogen (secondary N) is 1. The number of hydrogen-bond donors (Lipinski definition) is 1. The maximum absolute atomic E-state index is 5.28. The molecule has 0 bridgehead atoms. The van der Waals surface area contributed by atoms with Crippen LogP contribution >= 0.6 is 11.3 Å². The predicted octanol–water partition coefficient (Wildman–Crippen LogP) is 3.33. The van der Waals surface area contributed by atoms with Crippen molar-refractivity contribution in [2.24, 2.45) is 0 Å². The normalized spacial score (nSPS) is 10.3. The van der Waals surface area contributed by atoms with E-state index in [4.69, 9.17) is 9.47 Å². The Labute approximate surface area is 117 Å². The molecule has 0 aliphatic carbocycles. The van der Waals surface area contributed by atoms with E-state index in [9.17, 15) is 0 Å². The third-order valence-electron chi connectivity index (χ3n) is 2.75. The molecule has 1 aromatic heterocycles. The van der Waals surface area contributed by atoms with E-state index in [1.807, 2.05) is 24.4 Å². The summed E-state index contributed by atoms with van der Waals surface area (Å²) in [5.74, 6) is 1.46. The van der Waals surface area contributed by atoms with Gasteiger partial charge in [0.2, 0.25) is 0 Å². The fraction of sp³-hybridized carbons (Fsp3) is 0.357. The smallest absolute Gasteiger partial charge is 0.162 e. The molecule has 0 fully saturated rings. The van der Waals surface area contributed by atoms with Crippen molar-refractivity contribution in [3.63, 3.8) is 0 Å². The molecule has 0 aliphatic rings. The maximum Gasteiger partial charge on any atom is 0.162 e. The minimum Gasteiger partial charge on any atom is -0.493 e. The molecule has 0 aliphatic heterocycles. The summed E-state index contributed by atoms with van der Waals surface area (Å²) in [6, 6.07) is 5.80. The third kappa shape index (κ3) is 3.38. The van der Waals surface area contributed by atoms with Crippen LogP contribution in [0.4, 0.5) is 5.69 Å². The first kappa shape index (κ1) is 13.7. The molecule has 0 amide bonds. The molecule has 102 valence electrons. The van der Waals surface area contributed by atoms with E-state index in [0.29, 0.717) is 0 Å². The Bertz CT molecular complexity index is 540. The molecule has 0 saturated carbocycles. The lowest BCUT2D eigenvalue weighted by Crippen LogP contribution is -1.98.